The molecule has 1 heterocycles. The summed E-state index contributed by atoms with van der Waals surface area (Å²) < 4.78 is 5.34. The first-order chi connectivity index (χ1) is 8.17. The Bertz CT molecular complexity index is 427. The Kier molecular flexibility index (Phi) is 3.69. The minimum absolute atomic E-state index is 0.360. The van der Waals surface area contributed by atoms with E-state index in [9.17, 15) is 5.26 Å². The molecule has 92 valence electrons. The summed E-state index contributed by atoms with van der Waals surface area (Å²) in [6.07, 6.45) is 2.73. The van der Waals surface area contributed by atoms with Crippen LogP contribution in [0.4, 0.5) is 0 Å². The van der Waals surface area contributed by atoms with Gasteiger partial charge in [-0.2, -0.15) is 5.26 Å². The number of thioether (sulfide) groups is 1. The molecule has 1 fully saturated rings. The molecule has 0 amide bonds. The fraction of sp³-hybridized carbons (Fsp3) is 0.727. The van der Waals surface area contributed by atoms with Crippen molar-refractivity contribution in [2.45, 2.75) is 49.1 Å². The number of nitriles is 1. The van der Waals surface area contributed by atoms with Crippen molar-refractivity contribution >= 4 is 11.8 Å². The van der Waals surface area contributed by atoms with Gasteiger partial charge in [0.15, 0.2) is 0 Å². The zero-order chi connectivity index (χ0) is 12.3. The lowest BCUT2D eigenvalue weighted by Crippen LogP contribution is -2.41. The highest BCUT2D eigenvalue weighted by Gasteiger charge is 2.39. The lowest BCUT2D eigenvalue weighted by atomic mass is 10.0. The first-order valence-electron chi connectivity index (χ1n) is 5.80. The van der Waals surface area contributed by atoms with Crippen LogP contribution in [0.2, 0.25) is 0 Å². The summed E-state index contributed by atoms with van der Waals surface area (Å²) >= 11 is 1.58. The van der Waals surface area contributed by atoms with Gasteiger partial charge in [-0.1, -0.05) is 18.7 Å². The molecular formula is C11H16N4OS. The standard InChI is InChI=1S/C11H16N4OS/c1-3-13-11(7-12)5-4-9(6-11)17-10-15-14-8(2)16-10/h9,13H,3-6H2,1-2H3. The summed E-state index contributed by atoms with van der Waals surface area (Å²) in [7, 11) is 0. The van der Waals surface area contributed by atoms with Crippen molar-refractivity contribution in [1.82, 2.24) is 15.5 Å². The molecular weight excluding hydrogens is 236 g/mol. The van der Waals surface area contributed by atoms with E-state index < -0.39 is 0 Å². The van der Waals surface area contributed by atoms with Crippen molar-refractivity contribution in [3.8, 4) is 6.07 Å². The summed E-state index contributed by atoms with van der Waals surface area (Å²) in [4.78, 5) is 0. The molecule has 2 rings (SSSR count). The van der Waals surface area contributed by atoms with Crippen LogP contribution in [0.5, 0.6) is 0 Å². The molecule has 0 aliphatic heterocycles. The molecule has 0 bridgehead atoms. The van der Waals surface area contributed by atoms with Crippen molar-refractivity contribution in [1.29, 1.82) is 5.26 Å². The van der Waals surface area contributed by atoms with E-state index >= 15 is 0 Å². The number of nitrogens with zero attached hydrogens (tertiary/aromatic N) is 3. The van der Waals surface area contributed by atoms with Crippen LogP contribution < -0.4 is 5.32 Å². The topological polar surface area (TPSA) is 74.7 Å². The lowest BCUT2D eigenvalue weighted by Gasteiger charge is -2.21. The van der Waals surface area contributed by atoms with Crippen molar-refractivity contribution < 1.29 is 4.42 Å². The van der Waals surface area contributed by atoms with E-state index in [-0.39, 0.29) is 5.54 Å². The van der Waals surface area contributed by atoms with Crippen molar-refractivity contribution in [3.63, 3.8) is 0 Å². The minimum Gasteiger partial charge on any atom is -0.416 e. The largest absolute Gasteiger partial charge is 0.416 e. The van der Waals surface area contributed by atoms with Crippen LogP contribution in [0, 0.1) is 18.3 Å². The predicted molar refractivity (Wildman–Crippen MR) is 64.6 cm³/mol. The van der Waals surface area contributed by atoms with E-state index in [1.807, 2.05) is 6.92 Å². The highest BCUT2D eigenvalue weighted by Crippen LogP contribution is 2.39. The van der Waals surface area contributed by atoms with E-state index in [0.717, 1.165) is 25.8 Å². The van der Waals surface area contributed by atoms with Gasteiger partial charge in [-0.3, -0.25) is 5.32 Å². The second kappa shape index (κ2) is 5.07. The highest BCUT2D eigenvalue weighted by atomic mass is 32.2. The first-order valence-corrected chi connectivity index (χ1v) is 6.68. The monoisotopic (exact) mass is 252 g/mol. The highest BCUT2D eigenvalue weighted by molar-refractivity contribution is 7.99. The molecule has 1 aromatic rings. The molecule has 6 heteroatoms. The van der Waals surface area contributed by atoms with Gasteiger partial charge in [0, 0.05) is 12.2 Å². The Morgan fingerprint density at radius 2 is 2.47 bits per heavy atom. The van der Waals surface area contributed by atoms with E-state index in [2.05, 4.69) is 21.6 Å². The number of hydrogen-bond acceptors (Lipinski definition) is 6. The Balaban J connectivity index is 1.96. The van der Waals surface area contributed by atoms with E-state index in [1.54, 1.807) is 18.7 Å². The normalized spacial score (nSPS) is 28.2. The molecule has 2 unspecified atom stereocenters. The van der Waals surface area contributed by atoms with Gasteiger partial charge in [-0.05, 0) is 25.8 Å². The van der Waals surface area contributed by atoms with Crippen LogP contribution in [0.3, 0.4) is 0 Å². The van der Waals surface area contributed by atoms with Gasteiger partial charge in [0.25, 0.3) is 5.22 Å². The van der Waals surface area contributed by atoms with Crippen molar-refractivity contribution in [2.24, 2.45) is 0 Å². The van der Waals surface area contributed by atoms with Gasteiger partial charge in [-0.25, -0.2) is 0 Å². The predicted octanol–water partition coefficient (Wildman–Crippen LogP) is 1.89. The molecule has 0 aromatic carbocycles. The fourth-order valence-electron chi connectivity index (χ4n) is 2.21. The Morgan fingerprint density at radius 1 is 1.65 bits per heavy atom. The molecule has 1 N–H and O–H groups in total. The molecule has 0 radical (unpaired) electrons. The summed E-state index contributed by atoms with van der Waals surface area (Å²) in [5.74, 6) is 0.587. The zero-order valence-electron chi connectivity index (χ0n) is 10.1. The average Bonchev–Trinajstić information content (AvgIpc) is 2.88. The Morgan fingerprint density at radius 3 is 3.06 bits per heavy atom. The SMILES string of the molecule is CCNC1(C#N)CCC(Sc2nnc(C)o2)C1. The quantitative estimate of drug-likeness (QED) is 0.882. The number of rotatable bonds is 4. The van der Waals surface area contributed by atoms with Gasteiger partial charge in [0.05, 0.1) is 6.07 Å². The molecule has 0 saturated heterocycles. The van der Waals surface area contributed by atoms with Crippen LogP contribution in [0.1, 0.15) is 32.1 Å². The number of aryl methyl sites for hydroxylation is 1. The number of hydrogen-bond donors (Lipinski definition) is 1. The molecule has 1 aliphatic rings. The van der Waals surface area contributed by atoms with Gasteiger partial charge in [0.1, 0.15) is 5.54 Å². The van der Waals surface area contributed by atoms with Crippen LogP contribution in [0.25, 0.3) is 0 Å². The third-order valence-electron chi connectivity index (χ3n) is 2.97. The Labute approximate surface area is 105 Å². The molecule has 1 saturated carbocycles. The van der Waals surface area contributed by atoms with Crippen LogP contribution in [-0.2, 0) is 0 Å². The van der Waals surface area contributed by atoms with Gasteiger partial charge in [-0.15, -0.1) is 10.2 Å². The maximum absolute atomic E-state index is 9.26. The maximum atomic E-state index is 9.26. The third-order valence-corrected chi connectivity index (χ3v) is 4.08. The number of nitrogens with one attached hydrogen (secondary N) is 1. The third kappa shape index (κ3) is 2.79. The summed E-state index contributed by atoms with van der Waals surface area (Å²) in [6, 6.07) is 2.41. The zero-order valence-corrected chi connectivity index (χ0v) is 10.9. The van der Waals surface area contributed by atoms with Crippen molar-refractivity contribution in [2.75, 3.05) is 6.54 Å². The molecule has 0 spiro atoms. The second-order valence-electron chi connectivity index (χ2n) is 4.29. The lowest BCUT2D eigenvalue weighted by molar-refractivity contribution is 0.425. The summed E-state index contributed by atoms with van der Waals surface area (Å²) in [5, 5.41) is 21.3. The molecule has 17 heavy (non-hydrogen) atoms. The average molecular weight is 252 g/mol. The smallest absolute Gasteiger partial charge is 0.276 e. The fourth-order valence-corrected chi connectivity index (χ4v) is 3.35. The minimum atomic E-state index is -0.360. The Hall–Kier alpha value is -1.06. The maximum Gasteiger partial charge on any atom is 0.276 e. The first kappa shape index (κ1) is 12.4. The van der Waals surface area contributed by atoms with Crippen LogP contribution in [0.15, 0.2) is 9.64 Å². The van der Waals surface area contributed by atoms with Gasteiger partial charge >= 0.3 is 0 Å². The van der Waals surface area contributed by atoms with Crippen molar-refractivity contribution in [3.05, 3.63) is 5.89 Å². The van der Waals surface area contributed by atoms with E-state index in [4.69, 9.17) is 4.42 Å². The second-order valence-corrected chi connectivity index (χ2v) is 5.55. The molecule has 2 atom stereocenters. The molecule has 5 nitrogen and oxygen atoms in total. The van der Waals surface area contributed by atoms with Crippen LogP contribution in [-0.4, -0.2) is 27.5 Å². The number of aromatic nitrogens is 2. The van der Waals surface area contributed by atoms with Gasteiger partial charge < -0.3 is 4.42 Å². The van der Waals surface area contributed by atoms with Crippen LogP contribution >= 0.6 is 11.8 Å². The summed E-state index contributed by atoms with van der Waals surface area (Å²) in [5.41, 5.74) is -0.360. The molecule has 1 aliphatic carbocycles. The van der Waals surface area contributed by atoms with E-state index in [1.165, 1.54) is 0 Å². The summed E-state index contributed by atoms with van der Waals surface area (Å²) in [6.45, 7) is 4.63. The van der Waals surface area contributed by atoms with E-state index in [0.29, 0.717) is 16.4 Å². The van der Waals surface area contributed by atoms with Gasteiger partial charge in [0.2, 0.25) is 5.89 Å². The molecule has 1 aromatic heterocycles.